The van der Waals surface area contributed by atoms with Crippen LogP contribution in [-0.4, -0.2) is 38.9 Å². The van der Waals surface area contributed by atoms with Crippen molar-refractivity contribution < 1.29 is 5.11 Å². The van der Waals surface area contributed by atoms with E-state index < -0.39 is 0 Å². The molecule has 1 fully saturated rings. The predicted molar refractivity (Wildman–Crippen MR) is 81.4 cm³/mol. The van der Waals surface area contributed by atoms with Crippen LogP contribution in [0.2, 0.25) is 0 Å². The average molecular weight is 280 g/mol. The zero-order valence-corrected chi connectivity index (χ0v) is 11.8. The Morgan fingerprint density at radius 2 is 1.90 bits per heavy atom. The van der Waals surface area contributed by atoms with Crippen LogP contribution in [0.3, 0.4) is 0 Å². The van der Waals surface area contributed by atoms with Gasteiger partial charge in [-0.3, -0.25) is 0 Å². The summed E-state index contributed by atoms with van der Waals surface area (Å²) in [5, 5.41) is 14.1. The van der Waals surface area contributed by atoms with Crippen molar-refractivity contribution in [1.29, 1.82) is 0 Å². The van der Waals surface area contributed by atoms with Crippen LogP contribution in [0.1, 0.15) is 5.69 Å². The molecule has 5 nitrogen and oxygen atoms in total. The van der Waals surface area contributed by atoms with E-state index in [0.717, 1.165) is 28.4 Å². The smallest absolute Gasteiger partial charge is 0.158 e. The van der Waals surface area contributed by atoms with Gasteiger partial charge < -0.3 is 10.0 Å². The van der Waals surface area contributed by atoms with Gasteiger partial charge in [-0.25, -0.2) is 4.98 Å². The van der Waals surface area contributed by atoms with Crippen LogP contribution in [0.4, 0.5) is 5.82 Å². The number of benzene rings is 1. The standard InChI is InChI=1S/C16H16N4O/c1-11-7-15-17-14(12-5-3-2-4-6-12)8-16(20(15)18-11)19-9-13(21)10-19/h2-8,13,21H,9-10H2,1H3. The quantitative estimate of drug-likeness (QED) is 0.779. The first kappa shape index (κ1) is 12.3. The largest absolute Gasteiger partial charge is 0.389 e. The van der Waals surface area contributed by atoms with Gasteiger partial charge in [-0.2, -0.15) is 9.61 Å². The third-order valence-electron chi connectivity index (χ3n) is 3.79. The number of aliphatic hydroxyl groups excluding tert-OH is 1. The molecule has 0 spiro atoms. The molecule has 0 unspecified atom stereocenters. The SMILES string of the molecule is Cc1cc2nc(-c3ccccc3)cc(N3CC(O)C3)n2n1. The maximum absolute atomic E-state index is 9.56. The molecule has 0 atom stereocenters. The number of rotatable bonds is 2. The topological polar surface area (TPSA) is 53.7 Å². The molecule has 3 heterocycles. The molecular weight excluding hydrogens is 264 g/mol. The molecule has 1 aliphatic rings. The average Bonchev–Trinajstić information content (AvgIpc) is 2.84. The number of β-amino-alcohol motifs (C(OH)–C–C–N with tert-alkyl or cyclic N) is 1. The number of anilines is 1. The first-order chi connectivity index (χ1) is 10.2. The highest BCUT2D eigenvalue weighted by Crippen LogP contribution is 2.27. The van der Waals surface area contributed by atoms with Gasteiger partial charge in [0.2, 0.25) is 0 Å². The highest BCUT2D eigenvalue weighted by atomic mass is 16.3. The Kier molecular flexibility index (Phi) is 2.68. The second-order valence-electron chi connectivity index (χ2n) is 5.48. The fourth-order valence-corrected chi connectivity index (χ4v) is 2.70. The van der Waals surface area contributed by atoms with E-state index in [-0.39, 0.29) is 6.10 Å². The Morgan fingerprint density at radius 1 is 1.14 bits per heavy atom. The zero-order valence-electron chi connectivity index (χ0n) is 11.8. The Morgan fingerprint density at radius 3 is 2.62 bits per heavy atom. The molecule has 0 saturated carbocycles. The molecule has 2 aromatic heterocycles. The van der Waals surface area contributed by atoms with Crippen LogP contribution in [0.25, 0.3) is 16.9 Å². The van der Waals surface area contributed by atoms with Crippen LogP contribution >= 0.6 is 0 Å². The van der Waals surface area contributed by atoms with Crippen molar-refractivity contribution in [3.05, 3.63) is 48.2 Å². The first-order valence-corrected chi connectivity index (χ1v) is 7.06. The van der Waals surface area contributed by atoms with Gasteiger partial charge in [0.1, 0.15) is 5.82 Å². The van der Waals surface area contributed by atoms with E-state index in [1.54, 1.807) is 0 Å². The van der Waals surface area contributed by atoms with Crippen molar-refractivity contribution in [2.75, 3.05) is 18.0 Å². The van der Waals surface area contributed by atoms with Gasteiger partial charge in [-0.05, 0) is 6.92 Å². The van der Waals surface area contributed by atoms with E-state index in [4.69, 9.17) is 4.98 Å². The second kappa shape index (κ2) is 4.56. The van der Waals surface area contributed by atoms with Crippen LogP contribution in [0.5, 0.6) is 0 Å². The minimum absolute atomic E-state index is 0.245. The summed E-state index contributed by atoms with van der Waals surface area (Å²) < 4.78 is 1.85. The Bertz CT molecular complexity index is 791. The Hall–Kier alpha value is -2.40. The maximum atomic E-state index is 9.56. The highest BCUT2D eigenvalue weighted by molar-refractivity contribution is 5.67. The molecule has 0 radical (unpaired) electrons. The predicted octanol–water partition coefficient (Wildman–Crippen LogP) is 1.89. The van der Waals surface area contributed by atoms with E-state index in [1.807, 2.05) is 41.8 Å². The normalized spacial score (nSPS) is 15.4. The molecule has 21 heavy (non-hydrogen) atoms. The van der Waals surface area contributed by atoms with Crippen molar-refractivity contribution in [3.8, 4) is 11.3 Å². The monoisotopic (exact) mass is 280 g/mol. The fourth-order valence-electron chi connectivity index (χ4n) is 2.70. The van der Waals surface area contributed by atoms with Gasteiger partial charge in [-0.15, -0.1) is 0 Å². The van der Waals surface area contributed by atoms with Crippen LogP contribution in [0, 0.1) is 6.92 Å². The third kappa shape index (κ3) is 2.06. The van der Waals surface area contributed by atoms with Gasteiger partial charge >= 0.3 is 0 Å². The number of hydrogen-bond acceptors (Lipinski definition) is 4. The summed E-state index contributed by atoms with van der Waals surface area (Å²) in [6, 6.07) is 14.1. The first-order valence-electron chi connectivity index (χ1n) is 7.06. The number of aryl methyl sites for hydroxylation is 1. The lowest BCUT2D eigenvalue weighted by atomic mass is 10.1. The summed E-state index contributed by atoms with van der Waals surface area (Å²) in [5.74, 6) is 0.984. The number of hydrogen-bond donors (Lipinski definition) is 1. The van der Waals surface area contributed by atoms with Crippen molar-refractivity contribution in [3.63, 3.8) is 0 Å². The van der Waals surface area contributed by atoms with E-state index in [1.165, 1.54) is 0 Å². The number of aliphatic hydroxyl groups is 1. The molecular formula is C16H16N4O. The van der Waals surface area contributed by atoms with Gasteiger partial charge in [-0.1, -0.05) is 30.3 Å². The summed E-state index contributed by atoms with van der Waals surface area (Å²) in [6.07, 6.45) is -0.245. The van der Waals surface area contributed by atoms with Gasteiger partial charge in [0.15, 0.2) is 5.65 Å². The van der Waals surface area contributed by atoms with E-state index >= 15 is 0 Å². The molecule has 0 aliphatic carbocycles. The lowest BCUT2D eigenvalue weighted by Gasteiger charge is -2.37. The van der Waals surface area contributed by atoms with Crippen molar-refractivity contribution in [1.82, 2.24) is 14.6 Å². The second-order valence-corrected chi connectivity index (χ2v) is 5.48. The summed E-state index contributed by atoms with van der Waals surface area (Å²) >= 11 is 0. The number of aromatic nitrogens is 3. The molecule has 3 aromatic rings. The number of nitrogens with zero attached hydrogens (tertiary/aromatic N) is 4. The summed E-state index contributed by atoms with van der Waals surface area (Å²) in [5.41, 5.74) is 3.79. The third-order valence-corrected chi connectivity index (χ3v) is 3.79. The minimum Gasteiger partial charge on any atom is -0.389 e. The summed E-state index contributed by atoms with van der Waals surface area (Å²) in [7, 11) is 0. The van der Waals surface area contributed by atoms with Crippen molar-refractivity contribution in [2.24, 2.45) is 0 Å². The fraction of sp³-hybridized carbons (Fsp3) is 0.250. The Labute approximate surface area is 122 Å². The summed E-state index contributed by atoms with van der Waals surface area (Å²) in [4.78, 5) is 6.82. The number of fused-ring (bicyclic) bond motifs is 1. The molecule has 4 rings (SSSR count). The van der Waals surface area contributed by atoms with Crippen LogP contribution in [-0.2, 0) is 0 Å². The molecule has 0 amide bonds. The van der Waals surface area contributed by atoms with Gasteiger partial charge in [0.05, 0.1) is 17.5 Å². The van der Waals surface area contributed by atoms with E-state index in [0.29, 0.717) is 13.1 Å². The van der Waals surface area contributed by atoms with Gasteiger partial charge in [0.25, 0.3) is 0 Å². The molecule has 106 valence electrons. The van der Waals surface area contributed by atoms with Crippen LogP contribution < -0.4 is 4.90 Å². The molecule has 1 aliphatic heterocycles. The zero-order chi connectivity index (χ0) is 14.4. The highest BCUT2D eigenvalue weighted by Gasteiger charge is 2.27. The molecule has 1 saturated heterocycles. The van der Waals surface area contributed by atoms with E-state index in [9.17, 15) is 5.11 Å². The van der Waals surface area contributed by atoms with Crippen molar-refractivity contribution in [2.45, 2.75) is 13.0 Å². The van der Waals surface area contributed by atoms with Gasteiger partial charge in [0, 0.05) is 30.8 Å². The van der Waals surface area contributed by atoms with E-state index in [2.05, 4.69) is 22.1 Å². The van der Waals surface area contributed by atoms with Crippen LogP contribution in [0.15, 0.2) is 42.5 Å². The lowest BCUT2D eigenvalue weighted by Crippen LogP contribution is -2.51. The minimum atomic E-state index is -0.245. The Balaban J connectivity index is 1.89. The summed E-state index contributed by atoms with van der Waals surface area (Å²) in [6.45, 7) is 3.25. The lowest BCUT2D eigenvalue weighted by molar-refractivity contribution is 0.141. The molecule has 1 aromatic carbocycles. The molecule has 1 N–H and O–H groups in total. The maximum Gasteiger partial charge on any atom is 0.158 e. The molecule has 0 bridgehead atoms. The van der Waals surface area contributed by atoms with Crippen molar-refractivity contribution >= 4 is 11.5 Å². The molecule has 5 heteroatoms.